The zero-order valence-electron chi connectivity index (χ0n) is 7.85. The van der Waals surface area contributed by atoms with Gasteiger partial charge in [-0.05, 0) is 14.1 Å². The van der Waals surface area contributed by atoms with Crippen molar-refractivity contribution in [1.82, 2.24) is 10.2 Å². The van der Waals surface area contributed by atoms with Gasteiger partial charge in [0.1, 0.15) is 0 Å². The normalized spacial score (nSPS) is 9.83. The SMILES string of the molecule is C.CC(C)C(=O)NCCN(C)C. The number of rotatable bonds is 4. The second-order valence-electron chi connectivity index (χ2n) is 3.25. The lowest BCUT2D eigenvalue weighted by atomic mass is 10.2. The molecule has 1 amide bonds. The average molecular weight is 174 g/mol. The molecule has 3 nitrogen and oxygen atoms in total. The Bertz CT molecular complexity index is 122. The highest BCUT2D eigenvalue weighted by Crippen LogP contribution is 1.89. The van der Waals surface area contributed by atoms with Crippen LogP contribution in [0.5, 0.6) is 0 Å². The molecule has 0 bridgehead atoms. The van der Waals surface area contributed by atoms with Crippen molar-refractivity contribution < 1.29 is 4.79 Å². The number of hydrogen-bond donors (Lipinski definition) is 1. The first-order valence-electron chi connectivity index (χ1n) is 3.96. The number of nitrogens with one attached hydrogen (secondary N) is 1. The molecule has 0 aliphatic carbocycles. The molecule has 0 aliphatic heterocycles. The van der Waals surface area contributed by atoms with Crippen LogP contribution in [0.4, 0.5) is 0 Å². The van der Waals surface area contributed by atoms with Crippen LogP contribution >= 0.6 is 0 Å². The number of nitrogens with zero attached hydrogens (tertiary/aromatic N) is 1. The number of hydrogen-bond acceptors (Lipinski definition) is 2. The highest BCUT2D eigenvalue weighted by Gasteiger charge is 2.04. The molecule has 0 rings (SSSR count). The van der Waals surface area contributed by atoms with Crippen LogP contribution in [0.2, 0.25) is 0 Å². The Kier molecular flexibility index (Phi) is 8.27. The first kappa shape index (κ1) is 14.0. The van der Waals surface area contributed by atoms with Crippen LogP contribution in [-0.2, 0) is 4.79 Å². The van der Waals surface area contributed by atoms with E-state index in [1.165, 1.54) is 0 Å². The predicted molar refractivity (Wildman–Crippen MR) is 53.1 cm³/mol. The Labute approximate surface area is 76.1 Å². The Morgan fingerprint density at radius 3 is 2.25 bits per heavy atom. The second-order valence-corrected chi connectivity index (χ2v) is 3.25. The Morgan fingerprint density at radius 2 is 1.92 bits per heavy atom. The van der Waals surface area contributed by atoms with Gasteiger partial charge in [0.25, 0.3) is 0 Å². The standard InChI is InChI=1S/C8H18N2O.CH4/c1-7(2)8(11)9-5-6-10(3)4;/h7H,5-6H2,1-4H3,(H,9,11);1H4. The summed E-state index contributed by atoms with van der Waals surface area (Å²) in [4.78, 5) is 13.0. The van der Waals surface area contributed by atoms with Crippen molar-refractivity contribution in [3.63, 3.8) is 0 Å². The molecule has 0 spiro atoms. The van der Waals surface area contributed by atoms with Gasteiger partial charge in [0, 0.05) is 19.0 Å². The minimum absolute atomic E-state index is 0. The smallest absolute Gasteiger partial charge is 0.222 e. The molecule has 74 valence electrons. The van der Waals surface area contributed by atoms with E-state index in [1.54, 1.807) is 0 Å². The largest absolute Gasteiger partial charge is 0.355 e. The maximum absolute atomic E-state index is 11.0. The number of carbonyl (C=O) groups is 1. The summed E-state index contributed by atoms with van der Waals surface area (Å²) in [6.07, 6.45) is 0. The van der Waals surface area contributed by atoms with Crippen molar-refractivity contribution in [3.8, 4) is 0 Å². The molecule has 0 radical (unpaired) electrons. The molecule has 0 aromatic carbocycles. The van der Waals surface area contributed by atoms with Gasteiger partial charge in [-0.15, -0.1) is 0 Å². The van der Waals surface area contributed by atoms with E-state index in [9.17, 15) is 4.79 Å². The summed E-state index contributed by atoms with van der Waals surface area (Å²) < 4.78 is 0. The van der Waals surface area contributed by atoms with Gasteiger partial charge in [-0.1, -0.05) is 21.3 Å². The minimum Gasteiger partial charge on any atom is -0.355 e. The summed E-state index contributed by atoms with van der Waals surface area (Å²) in [6, 6.07) is 0. The zero-order valence-corrected chi connectivity index (χ0v) is 7.85. The monoisotopic (exact) mass is 174 g/mol. The molecule has 0 saturated heterocycles. The fourth-order valence-corrected chi connectivity index (χ4v) is 0.607. The van der Waals surface area contributed by atoms with Crippen LogP contribution in [0.15, 0.2) is 0 Å². The summed E-state index contributed by atoms with van der Waals surface area (Å²) in [5.74, 6) is 0.226. The summed E-state index contributed by atoms with van der Waals surface area (Å²) in [7, 11) is 3.98. The van der Waals surface area contributed by atoms with Gasteiger partial charge in [-0.3, -0.25) is 4.79 Å². The van der Waals surface area contributed by atoms with E-state index < -0.39 is 0 Å². The molecule has 0 unspecified atom stereocenters. The van der Waals surface area contributed by atoms with E-state index in [2.05, 4.69) is 5.32 Å². The molecule has 0 aromatic rings. The summed E-state index contributed by atoms with van der Waals surface area (Å²) in [5.41, 5.74) is 0. The van der Waals surface area contributed by atoms with Crippen molar-refractivity contribution in [2.75, 3.05) is 27.2 Å². The van der Waals surface area contributed by atoms with Crippen molar-refractivity contribution in [1.29, 1.82) is 0 Å². The molecular formula is C9H22N2O. The van der Waals surface area contributed by atoms with E-state index in [0.29, 0.717) is 0 Å². The highest BCUT2D eigenvalue weighted by molar-refractivity contribution is 5.77. The third kappa shape index (κ3) is 7.54. The van der Waals surface area contributed by atoms with Crippen LogP contribution in [-0.4, -0.2) is 38.0 Å². The minimum atomic E-state index is 0. The maximum Gasteiger partial charge on any atom is 0.222 e. The van der Waals surface area contributed by atoms with E-state index >= 15 is 0 Å². The first-order valence-corrected chi connectivity index (χ1v) is 3.96. The molecular weight excluding hydrogens is 152 g/mol. The summed E-state index contributed by atoms with van der Waals surface area (Å²) in [5, 5.41) is 2.83. The lowest BCUT2D eigenvalue weighted by molar-refractivity contribution is -0.123. The Morgan fingerprint density at radius 1 is 1.42 bits per heavy atom. The van der Waals surface area contributed by atoms with E-state index in [0.717, 1.165) is 13.1 Å². The van der Waals surface area contributed by atoms with Gasteiger partial charge in [-0.2, -0.15) is 0 Å². The van der Waals surface area contributed by atoms with E-state index in [4.69, 9.17) is 0 Å². The van der Waals surface area contributed by atoms with E-state index in [-0.39, 0.29) is 19.3 Å². The van der Waals surface area contributed by atoms with Crippen LogP contribution < -0.4 is 5.32 Å². The lowest BCUT2D eigenvalue weighted by Gasteiger charge is -2.11. The van der Waals surface area contributed by atoms with Crippen molar-refractivity contribution in [2.24, 2.45) is 5.92 Å². The van der Waals surface area contributed by atoms with Gasteiger partial charge in [-0.25, -0.2) is 0 Å². The maximum atomic E-state index is 11.0. The Balaban J connectivity index is 0. The third-order valence-corrected chi connectivity index (χ3v) is 1.38. The van der Waals surface area contributed by atoms with Crippen LogP contribution in [0.25, 0.3) is 0 Å². The molecule has 3 heteroatoms. The topological polar surface area (TPSA) is 32.3 Å². The molecule has 0 aromatic heterocycles. The second kappa shape index (κ2) is 7.10. The molecule has 0 atom stereocenters. The number of carbonyl (C=O) groups excluding carboxylic acids is 1. The molecule has 0 heterocycles. The summed E-state index contributed by atoms with van der Waals surface area (Å²) in [6.45, 7) is 5.43. The fraction of sp³-hybridized carbons (Fsp3) is 0.889. The van der Waals surface area contributed by atoms with Gasteiger partial charge < -0.3 is 10.2 Å². The highest BCUT2D eigenvalue weighted by atomic mass is 16.1. The lowest BCUT2D eigenvalue weighted by Crippen LogP contribution is -2.33. The quantitative estimate of drug-likeness (QED) is 0.688. The van der Waals surface area contributed by atoms with Crippen LogP contribution in [0, 0.1) is 5.92 Å². The number of likely N-dealkylation sites (N-methyl/N-ethyl adjacent to an activating group) is 1. The number of amides is 1. The predicted octanol–water partition coefficient (Wildman–Crippen LogP) is 0.956. The average Bonchev–Trinajstić information content (AvgIpc) is 1.86. The van der Waals surface area contributed by atoms with Crippen molar-refractivity contribution in [3.05, 3.63) is 0 Å². The Hall–Kier alpha value is -0.570. The van der Waals surface area contributed by atoms with Crippen molar-refractivity contribution in [2.45, 2.75) is 21.3 Å². The third-order valence-electron chi connectivity index (χ3n) is 1.38. The molecule has 0 fully saturated rings. The molecule has 1 N–H and O–H groups in total. The van der Waals surface area contributed by atoms with Crippen LogP contribution in [0.3, 0.4) is 0 Å². The van der Waals surface area contributed by atoms with E-state index in [1.807, 2.05) is 32.8 Å². The fourth-order valence-electron chi connectivity index (χ4n) is 0.607. The van der Waals surface area contributed by atoms with Gasteiger partial charge in [0.2, 0.25) is 5.91 Å². The molecule has 0 aliphatic rings. The van der Waals surface area contributed by atoms with Gasteiger partial charge in [0.15, 0.2) is 0 Å². The van der Waals surface area contributed by atoms with Crippen molar-refractivity contribution >= 4 is 5.91 Å². The van der Waals surface area contributed by atoms with Gasteiger partial charge >= 0.3 is 0 Å². The van der Waals surface area contributed by atoms with Crippen LogP contribution in [0.1, 0.15) is 21.3 Å². The first-order chi connectivity index (χ1) is 5.04. The molecule has 0 saturated carbocycles. The van der Waals surface area contributed by atoms with Gasteiger partial charge in [0.05, 0.1) is 0 Å². The molecule has 12 heavy (non-hydrogen) atoms. The summed E-state index contributed by atoms with van der Waals surface area (Å²) >= 11 is 0. The zero-order chi connectivity index (χ0) is 8.85.